The minimum atomic E-state index is -2.99. The van der Waals surface area contributed by atoms with Crippen LogP contribution in [0.3, 0.4) is 0 Å². The lowest BCUT2D eigenvalue weighted by Gasteiger charge is -2.44. The molecule has 1 aromatic carbocycles. The van der Waals surface area contributed by atoms with E-state index in [4.69, 9.17) is 15.1 Å². The minimum absolute atomic E-state index is 0.00785. The Balaban J connectivity index is 1.63. The molecule has 33 heavy (non-hydrogen) atoms. The van der Waals surface area contributed by atoms with Crippen LogP contribution in [0.25, 0.3) is 0 Å². The summed E-state index contributed by atoms with van der Waals surface area (Å²) in [7, 11) is -0.418. The molecule has 7 nitrogen and oxygen atoms in total. The SMILES string of the molecule is CC1(C)C(N)=N[C@](C)(c2cc(NC(=O)c3ccc(OC(F)F)cn3)ccc2F)[C@@H]2CCN=S21. The van der Waals surface area contributed by atoms with Crippen molar-refractivity contribution < 1.29 is 22.7 Å². The van der Waals surface area contributed by atoms with E-state index in [1.807, 2.05) is 20.8 Å². The van der Waals surface area contributed by atoms with Crippen molar-refractivity contribution in [3.63, 3.8) is 0 Å². The Labute approximate surface area is 191 Å². The third-order valence-corrected chi connectivity index (χ3v) is 8.92. The molecule has 0 aliphatic carbocycles. The van der Waals surface area contributed by atoms with E-state index in [1.165, 1.54) is 24.3 Å². The average molecular weight is 480 g/mol. The van der Waals surface area contributed by atoms with Gasteiger partial charge in [-0.15, -0.1) is 0 Å². The van der Waals surface area contributed by atoms with Gasteiger partial charge in [0.05, 0.1) is 10.9 Å². The van der Waals surface area contributed by atoms with Crippen LogP contribution in [0.4, 0.5) is 18.9 Å². The van der Waals surface area contributed by atoms with Crippen molar-refractivity contribution in [2.75, 3.05) is 11.9 Å². The normalized spacial score (nSPS) is 25.7. The Morgan fingerprint density at radius 1 is 1.27 bits per heavy atom. The Kier molecular flexibility index (Phi) is 5.94. The maximum Gasteiger partial charge on any atom is 0.387 e. The van der Waals surface area contributed by atoms with Crippen LogP contribution in [0.15, 0.2) is 45.9 Å². The van der Waals surface area contributed by atoms with Gasteiger partial charge in [-0.05, 0) is 57.5 Å². The molecule has 4 rings (SSSR count). The summed E-state index contributed by atoms with van der Waals surface area (Å²) in [5.41, 5.74) is 6.04. The number of carbonyl (C=O) groups is 1. The first-order chi connectivity index (χ1) is 15.5. The first-order valence-corrected chi connectivity index (χ1v) is 11.6. The zero-order valence-corrected chi connectivity index (χ0v) is 19.1. The van der Waals surface area contributed by atoms with Gasteiger partial charge in [0.2, 0.25) is 0 Å². The summed E-state index contributed by atoms with van der Waals surface area (Å²) in [5.74, 6) is -0.760. The van der Waals surface area contributed by atoms with Crippen LogP contribution >= 0.6 is 0 Å². The number of nitrogens with zero attached hydrogens (tertiary/aromatic N) is 3. The fraction of sp³-hybridized carbons (Fsp3) is 0.409. The number of hydrogen-bond acceptors (Lipinski definition) is 6. The molecule has 3 N–H and O–H groups in total. The van der Waals surface area contributed by atoms with Gasteiger partial charge >= 0.3 is 6.61 Å². The number of nitrogens with one attached hydrogen (secondary N) is 1. The Bertz CT molecular complexity index is 1150. The Hall–Kier alpha value is -2.95. The van der Waals surface area contributed by atoms with Gasteiger partial charge in [0.25, 0.3) is 5.91 Å². The highest BCUT2D eigenvalue weighted by molar-refractivity contribution is 7.90. The molecule has 2 aliphatic rings. The number of aliphatic imine (C=N–C) groups is 1. The molecule has 0 fully saturated rings. The molecule has 0 saturated carbocycles. The minimum Gasteiger partial charge on any atom is -0.433 e. The lowest BCUT2D eigenvalue weighted by atomic mass is 9.85. The number of ether oxygens (including phenoxy) is 1. The number of amides is 1. The summed E-state index contributed by atoms with van der Waals surface area (Å²) in [4.78, 5) is 21.2. The van der Waals surface area contributed by atoms with Crippen LogP contribution in [-0.4, -0.2) is 39.9 Å². The second-order valence-corrected chi connectivity index (χ2v) is 11.0. The molecule has 2 aromatic rings. The van der Waals surface area contributed by atoms with E-state index in [1.54, 1.807) is 6.07 Å². The van der Waals surface area contributed by atoms with E-state index in [0.29, 0.717) is 23.6 Å². The molecule has 1 aromatic heterocycles. The molecular weight excluding hydrogens is 455 g/mol. The first-order valence-electron chi connectivity index (χ1n) is 10.3. The van der Waals surface area contributed by atoms with Crippen LogP contribution in [0.2, 0.25) is 0 Å². The second-order valence-electron chi connectivity index (χ2n) is 8.51. The van der Waals surface area contributed by atoms with Crippen molar-refractivity contribution in [2.24, 2.45) is 15.1 Å². The summed E-state index contributed by atoms with van der Waals surface area (Å²) in [6.07, 6.45) is 1.80. The van der Waals surface area contributed by atoms with Crippen LogP contribution < -0.4 is 15.8 Å². The molecule has 0 radical (unpaired) electrons. The van der Waals surface area contributed by atoms with Gasteiger partial charge in [-0.25, -0.2) is 9.37 Å². The van der Waals surface area contributed by atoms with Crippen LogP contribution in [-0.2, 0) is 16.2 Å². The molecular formula is C22H24F3N5O2S. The average Bonchev–Trinajstić information content (AvgIpc) is 3.26. The molecule has 0 spiro atoms. The zero-order valence-electron chi connectivity index (χ0n) is 18.3. The predicted octanol–water partition coefficient (Wildman–Crippen LogP) is 4.01. The van der Waals surface area contributed by atoms with Crippen molar-refractivity contribution in [3.8, 4) is 5.75 Å². The molecule has 2 aliphatic heterocycles. The first kappa shape index (κ1) is 23.2. The predicted molar refractivity (Wildman–Crippen MR) is 121 cm³/mol. The smallest absolute Gasteiger partial charge is 0.387 e. The lowest BCUT2D eigenvalue weighted by molar-refractivity contribution is -0.0500. The van der Waals surface area contributed by atoms with Crippen molar-refractivity contribution in [3.05, 3.63) is 53.6 Å². The van der Waals surface area contributed by atoms with Crippen LogP contribution in [0.1, 0.15) is 43.2 Å². The highest BCUT2D eigenvalue weighted by atomic mass is 32.2. The van der Waals surface area contributed by atoms with Gasteiger partial charge in [0, 0.05) is 23.0 Å². The molecule has 1 unspecified atom stereocenters. The van der Waals surface area contributed by atoms with E-state index in [2.05, 4.69) is 15.0 Å². The van der Waals surface area contributed by atoms with Gasteiger partial charge < -0.3 is 15.8 Å². The summed E-state index contributed by atoms with van der Waals surface area (Å²) >= 11 is 0. The van der Waals surface area contributed by atoms with E-state index >= 15 is 4.39 Å². The number of halogens is 3. The number of pyridine rings is 1. The van der Waals surface area contributed by atoms with Gasteiger partial charge in [0.1, 0.15) is 28.6 Å². The third-order valence-electron chi connectivity index (χ3n) is 5.97. The maximum atomic E-state index is 15.0. The summed E-state index contributed by atoms with van der Waals surface area (Å²) in [6.45, 7) is 3.56. The Morgan fingerprint density at radius 3 is 2.70 bits per heavy atom. The Morgan fingerprint density at radius 2 is 2.03 bits per heavy atom. The van der Waals surface area contributed by atoms with Crippen LogP contribution in [0, 0.1) is 5.82 Å². The van der Waals surface area contributed by atoms with E-state index in [0.717, 1.165) is 12.6 Å². The summed E-state index contributed by atoms with van der Waals surface area (Å²) < 4.78 is 48.2. The fourth-order valence-corrected chi connectivity index (χ4v) is 6.88. The lowest BCUT2D eigenvalue weighted by Crippen LogP contribution is -2.55. The number of aromatic nitrogens is 1. The van der Waals surface area contributed by atoms with Crippen LogP contribution in [0.5, 0.6) is 5.75 Å². The third kappa shape index (κ3) is 4.21. The number of fused-ring (bicyclic) bond motifs is 1. The highest BCUT2D eigenvalue weighted by Crippen LogP contribution is 2.46. The van der Waals surface area contributed by atoms with Gasteiger partial charge in [0.15, 0.2) is 0 Å². The van der Waals surface area contributed by atoms with E-state index < -0.39 is 39.3 Å². The monoisotopic (exact) mass is 479 g/mol. The van der Waals surface area contributed by atoms with E-state index in [-0.39, 0.29) is 16.7 Å². The molecule has 11 heteroatoms. The van der Waals surface area contributed by atoms with Gasteiger partial charge in [-0.3, -0.25) is 14.1 Å². The van der Waals surface area contributed by atoms with Crippen molar-refractivity contribution in [1.82, 2.24) is 4.98 Å². The second kappa shape index (κ2) is 8.44. The summed E-state index contributed by atoms with van der Waals surface area (Å²) in [6, 6.07) is 6.75. The quantitative estimate of drug-likeness (QED) is 0.676. The molecule has 0 bridgehead atoms. The van der Waals surface area contributed by atoms with Gasteiger partial charge in [-0.1, -0.05) is 10.7 Å². The standard InChI is InChI=1S/C22H24F3N5O2S/c1-21(2)19(26)30-22(3,17-8-9-28-33(17)21)14-10-12(4-6-15(14)23)29-18(31)16-7-5-13(11-27-16)32-20(24)25/h4-7,10-11,17,20H,8-9H2,1-3H3,(H2,26,30)(H,29,31)/t17-,22+,33?/m0/s1. The topological polar surface area (TPSA) is 102 Å². The molecule has 176 valence electrons. The fourth-order valence-electron chi connectivity index (χ4n) is 4.16. The largest absolute Gasteiger partial charge is 0.433 e. The molecule has 3 heterocycles. The number of carbonyl (C=O) groups excluding carboxylic acids is 1. The molecule has 3 atom stereocenters. The summed E-state index contributed by atoms with van der Waals surface area (Å²) in [5, 5.41) is 2.66. The van der Waals surface area contributed by atoms with Crippen molar-refractivity contribution >= 4 is 28.1 Å². The van der Waals surface area contributed by atoms with E-state index in [9.17, 15) is 13.6 Å². The number of alkyl halides is 2. The van der Waals surface area contributed by atoms with Crippen molar-refractivity contribution in [2.45, 2.75) is 49.3 Å². The van der Waals surface area contributed by atoms with Crippen molar-refractivity contribution in [1.29, 1.82) is 0 Å². The molecule has 1 amide bonds. The highest BCUT2D eigenvalue weighted by Gasteiger charge is 2.51. The number of anilines is 1. The number of benzene rings is 1. The maximum absolute atomic E-state index is 15.0. The number of nitrogens with two attached hydrogens (primary N) is 1. The number of hydrogen-bond donors (Lipinski definition) is 2. The molecule has 0 saturated heterocycles. The zero-order chi connectivity index (χ0) is 24.0. The van der Waals surface area contributed by atoms with Gasteiger partial charge in [-0.2, -0.15) is 8.78 Å². The number of amidine groups is 1. The number of rotatable bonds is 5.